The number of aliphatic hydroxyl groups excluding tert-OH is 1. The lowest BCUT2D eigenvalue weighted by Gasteiger charge is -2.15. The van der Waals surface area contributed by atoms with E-state index in [9.17, 15) is 4.79 Å². The number of aliphatic hydroxyl groups is 1. The van der Waals surface area contributed by atoms with Crippen LogP contribution < -0.4 is 10.1 Å². The normalized spacial score (nSPS) is 11.8. The molecule has 0 aromatic heterocycles. The highest BCUT2D eigenvalue weighted by atomic mass is 35.5. The molecule has 0 fully saturated rings. The van der Waals surface area contributed by atoms with Crippen LogP contribution in [-0.4, -0.2) is 17.1 Å². The van der Waals surface area contributed by atoms with Crippen molar-refractivity contribution < 1.29 is 14.6 Å². The molecule has 5 heteroatoms. The van der Waals surface area contributed by atoms with Crippen molar-refractivity contribution in [1.82, 2.24) is 0 Å². The highest BCUT2D eigenvalue weighted by Crippen LogP contribution is 2.21. The van der Waals surface area contributed by atoms with Crippen molar-refractivity contribution in [2.24, 2.45) is 0 Å². The zero-order valence-corrected chi connectivity index (χ0v) is 12.3. The Morgan fingerprint density at radius 1 is 1.29 bits per heavy atom. The molecular formula is C16H16ClNO3. The third kappa shape index (κ3) is 4.21. The molecule has 0 saturated heterocycles. The molecule has 0 aliphatic rings. The molecule has 4 nitrogen and oxygen atoms in total. The topological polar surface area (TPSA) is 58.6 Å². The fourth-order valence-electron chi connectivity index (χ4n) is 1.77. The van der Waals surface area contributed by atoms with Gasteiger partial charge in [0.1, 0.15) is 5.75 Å². The Kier molecular flexibility index (Phi) is 5.20. The predicted molar refractivity (Wildman–Crippen MR) is 82.5 cm³/mol. The van der Waals surface area contributed by atoms with Crippen molar-refractivity contribution >= 4 is 23.2 Å². The molecule has 0 saturated carbocycles. The van der Waals surface area contributed by atoms with Crippen LogP contribution in [0.5, 0.6) is 5.75 Å². The number of anilines is 1. The molecule has 0 radical (unpaired) electrons. The first-order chi connectivity index (χ1) is 10.1. The average molecular weight is 306 g/mol. The second-order valence-electron chi connectivity index (χ2n) is 4.53. The van der Waals surface area contributed by atoms with Gasteiger partial charge in [0.15, 0.2) is 6.10 Å². The Hall–Kier alpha value is -2.04. The molecule has 2 N–H and O–H groups in total. The van der Waals surface area contributed by atoms with Gasteiger partial charge < -0.3 is 15.2 Å². The molecule has 0 aliphatic heterocycles. The highest BCUT2D eigenvalue weighted by Gasteiger charge is 2.16. The van der Waals surface area contributed by atoms with E-state index in [2.05, 4.69) is 5.32 Å². The molecule has 1 unspecified atom stereocenters. The number of amides is 1. The minimum Gasteiger partial charge on any atom is -0.481 e. The van der Waals surface area contributed by atoms with Gasteiger partial charge in [0.2, 0.25) is 0 Å². The van der Waals surface area contributed by atoms with Crippen LogP contribution in [0.2, 0.25) is 5.02 Å². The SMILES string of the molecule is CC(Oc1cccc(CO)c1)C(=O)Nc1ccccc1Cl. The van der Waals surface area contributed by atoms with Crippen molar-refractivity contribution in [3.05, 3.63) is 59.1 Å². The Morgan fingerprint density at radius 3 is 2.76 bits per heavy atom. The minimum absolute atomic E-state index is 0.0720. The largest absolute Gasteiger partial charge is 0.481 e. The third-order valence-corrected chi connectivity index (χ3v) is 3.22. The lowest BCUT2D eigenvalue weighted by atomic mass is 10.2. The molecular weight excluding hydrogens is 290 g/mol. The molecule has 0 aliphatic carbocycles. The van der Waals surface area contributed by atoms with Crippen LogP contribution in [0.15, 0.2) is 48.5 Å². The van der Waals surface area contributed by atoms with Crippen LogP contribution in [0.1, 0.15) is 12.5 Å². The average Bonchev–Trinajstić information content (AvgIpc) is 2.49. The molecule has 110 valence electrons. The summed E-state index contributed by atoms with van der Waals surface area (Å²) in [5.74, 6) is 0.237. The maximum Gasteiger partial charge on any atom is 0.265 e. The van der Waals surface area contributed by atoms with Gasteiger partial charge in [-0.2, -0.15) is 0 Å². The highest BCUT2D eigenvalue weighted by molar-refractivity contribution is 6.33. The fraction of sp³-hybridized carbons (Fsp3) is 0.188. The quantitative estimate of drug-likeness (QED) is 0.891. The lowest BCUT2D eigenvalue weighted by Crippen LogP contribution is -2.30. The van der Waals surface area contributed by atoms with Crippen LogP contribution in [0.4, 0.5) is 5.69 Å². The Morgan fingerprint density at radius 2 is 2.05 bits per heavy atom. The van der Waals surface area contributed by atoms with Crippen molar-refractivity contribution in [2.75, 3.05) is 5.32 Å². The van der Waals surface area contributed by atoms with Crippen LogP contribution in [-0.2, 0) is 11.4 Å². The molecule has 0 heterocycles. The fourth-order valence-corrected chi connectivity index (χ4v) is 1.95. The molecule has 0 spiro atoms. The molecule has 2 rings (SSSR count). The van der Waals surface area contributed by atoms with E-state index in [0.717, 1.165) is 5.56 Å². The number of ether oxygens (including phenoxy) is 1. The molecule has 2 aromatic carbocycles. The maximum atomic E-state index is 12.1. The molecule has 21 heavy (non-hydrogen) atoms. The molecule has 2 aromatic rings. The number of para-hydroxylation sites is 1. The van der Waals surface area contributed by atoms with Gasteiger partial charge >= 0.3 is 0 Å². The molecule has 1 amide bonds. The summed E-state index contributed by atoms with van der Waals surface area (Å²) in [4.78, 5) is 12.1. The summed E-state index contributed by atoms with van der Waals surface area (Å²) in [6.07, 6.45) is -0.685. The Bertz CT molecular complexity index is 630. The first-order valence-electron chi connectivity index (χ1n) is 6.52. The van der Waals surface area contributed by atoms with Crippen LogP contribution in [0, 0.1) is 0 Å². The van der Waals surface area contributed by atoms with E-state index >= 15 is 0 Å². The zero-order chi connectivity index (χ0) is 15.2. The summed E-state index contributed by atoms with van der Waals surface area (Å²) in [6.45, 7) is 1.58. The van der Waals surface area contributed by atoms with Gasteiger partial charge in [-0.05, 0) is 36.8 Å². The van der Waals surface area contributed by atoms with Crippen molar-refractivity contribution in [1.29, 1.82) is 0 Å². The Labute approximate surface area is 128 Å². The Balaban J connectivity index is 2.01. The number of halogens is 1. The maximum absolute atomic E-state index is 12.1. The second-order valence-corrected chi connectivity index (χ2v) is 4.94. The van der Waals surface area contributed by atoms with E-state index in [1.54, 1.807) is 55.5 Å². The van der Waals surface area contributed by atoms with Gasteiger partial charge in [0.05, 0.1) is 17.3 Å². The van der Waals surface area contributed by atoms with Crippen LogP contribution in [0.25, 0.3) is 0 Å². The summed E-state index contributed by atoms with van der Waals surface area (Å²) in [5, 5.41) is 12.3. The van der Waals surface area contributed by atoms with Gasteiger partial charge in [0, 0.05) is 0 Å². The first kappa shape index (κ1) is 15.4. The number of carbonyl (C=O) groups excluding carboxylic acids is 1. The number of hydrogen-bond acceptors (Lipinski definition) is 3. The number of benzene rings is 2. The summed E-state index contributed by atoms with van der Waals surface area (Å²) in [7, 11) is 0. The van der Waals surface area contributed by atoms with E-state index in [0.29, 0.717) is 16.5 Å². The lowest BCUT2D eigenvalue weighted by molar-refractivity contribution is -0.122. The summed E-state index contributed by atoms with van der Waals surface area (Å²) >= 11 is 5.99. The standard InChI is InChI=1S/C16H16ClNO3/c1-11(21-13-6-4-5-12(9-13)10-19)16(20)18-15-8-3-2-7-14(15)17/h2-9,11,19H,10H2,1H3,(H,18,20). The van der Waals surface area contributed by atoms with Gasteiger partial charge in [-0.3, -0.25) is 4.79 Å². The summed E-state index contributed by atoms with van der Waals surface area (Å²) < 4.78 is 5.56. The number of rotatable bonds is 5. The minimum atomic E-state index is -0.685. The zero-order valence-electron chi connectivity index (χ0n) is 11.5. The monoisotopic (exact) mass is 305 g/mol. The van der Waals surface area contributed by atoms with Crippen LogP contribution >= 0.6 is 11.6 Å². The van der Waals surface area contributed by atoms with Gasteiger partial charge in [-0.1, -0.05) is 35.9 Å². The number of nitrogens with one attached hydrogen (secondary N) is 1. The van der Waals surface area contributed by atoms with E-state index in [1.807, 2.05) is 0 Å². The summed E-state index contributed by atoms with van der Waals surface area (Å²) in [6, 6.07) is 14.0. The van der Waals surface area contributed by atoms with Crippen molar-refractivity contribution in [3.8, 4) is 5.75 Å². The predicted octanol–water partition coefficient (Wildman–Crippen LogP) is 3.24. The molecule has 0 bridgehead atoms. The third-order valence-electron chi connectivity index (χ3n) is 2.89. The van der Waals surface area contributed by atoms with Crippen molar-refractivity contribution in [2.45, 2.75) is 19.6 Å². The van der Waals surface area contributed by atoms with E-state index < -0.39 is 6.10 Å². The van der Waals surface area contributed by atoms with Gasteiger partial charge in [-0.25, -0.2) is 0 Å². The first-order valence-corrected chi connectivity index (χ1v) is 6.90. The smallest absolute Gasteiger partial charge is 0.265 e. The van der Waals surface area contributed by atoms with Gasteiger partial charge in [-0.15, -0.1) is 0 Å². The van der Waals surface area contributed by atoms with E-state index in [-0.39, 0.29) is 12.5 Å². The van der Waals surface area contributed by atoms with Crippen molar-refractivity contribution in [3.63, 3.8) is 0 Å². The van der Waals surface area contributed by atoms with E-state index in [4.69, 9.17) is 21.4 Å². The number of carbonyl (C=O) groups is 1. The number of hydrogen-bond donors (Lipinski definition) is 2. The summed E-state index contributed by atoms with van der Waals surface area (Å²) in [5.41, 5.74) is 1.27. The van der Waals surface area contributed by atoms with Crippen LogP contribution in [0.3, 0.4) is 0 Å². The second kappa shape index (κ2) is 7.11. The molecule has 1 atom stereocenters. The van der Waals surface area contributed by atoms with E-state index in [1.165, 1.54) is 0 Å². The van der Waals surface area contributed by atoms with Gasteiger partial charge in [0.25, 0.3) is 5.91 Å².